The van der Waals surface area contributed by atoms with Crippen LogP contribution in [0.3, 0.4) is 0 Å². The van der Waals surface area contributed by atoms with Crippen molar-refractivity contribution in [3.8, 4) is 5.88 Å². The fraction of sp³-hybridized carbons (Fsp3) is 0.375. The molecule has 1 aliphatic rings. The molecule has 0 aliphatic carbocycles. The number of nitrogens with one attached hydrogen (secondary N) is 1. The second kappa shape index (κ2) is 9.75. The van der Waals surface area contributed by atoms with E-state index in [1.54, 1.807) is 0 Å². The molecule has 2 heterocycles. The molecule has 1 N–H and O–H groups in total. The molecule has 162 valence electrons. The van der Waals surface area contributed by atoms with Gasteiger partial charge in [0, 0.05) is 18.8 Å². The molecule has 4 rings (SSSR count). The van der Waals surface area contributed by atoms with Gasteiger partial charge < -0.3 is 19.7 Å². The summed E-state index contributed by atoms with van der Waals surface area (Å²) >= 11 is 0. The van der Waals surface area contributed by atoms with Gasteiger partial charge in [0.05, 0.1) is 24.2 Å². The Kier molecular flexibility index (Phi) is 6.62. The van der Waals surface area contributed by atoms with Gasteiger partial charge in [-0.05, 0) is 42.2 Å². The summed E-state index contributed by atoms with van der Waals surface area (Å²) in [5.74, 6) is 1.27. The average molecular weight is 421 g/mol. The lowest BCUT2D eigenvalue weighted by Crippen LogP contribution is -2.37. The van der Waals surface area contributed by atoms with E-state index in [1.807, 2.05) is 36.4 Å². The number of rotatable bonds is 7. The summed E-state index contributed by atoms with van der Waals surface area (Å²) in [4.78, 5) is 23.9. The largest absolute Gasteiger partial charge is 0.465 e. The highest BCUT2D eigenvalue weighted by atomic mass is 16.5. The summed E-state index contributed by atoms with van der Waals surface area (Å²) in [7, 11) is 0. The summed E-state index contributed by atoms with van der Waals surface area (Å²) in [5, 5.41) is 2.89. The number of carbonyl (C=O) groups excluding carboxylic acids is 1. The molecule has 0 spiro atoms. The standard InChI is InChI=1S/C24H28N4O3/c1-3-17(2)18-8-10-19(11-9-18)25-22(29)16-31-24-23(28-12-14-30-15-13-28)26-20-6-4-5-7-21(20)27-24/h4-11,17H,3,12-16H2,1-2H3,(H,25,29)/t17-/m0/s1. The molecular formula is C24H28N4O3. The van der Waals surface area contributed by atoms with Crippen LogP contribution in [0.1, 0.15) is 31.7 Å². The van der Waals surface area contributed by atoms with Gasteiger partial charge in [0.25, 0.3) is 11.8 Å². The predicted octanol–water partition coefficient (Wildman–Crippen LogP) is 4.00. The Balaban J connectivity index is 1.46. The molecular weight excluding hydrogens is 392 g/mol. The highest BCUT2D eigenvalue weighted by Crippen LogP contribution is 2.28. The number of aromatic nitrogens is 2. The molecule has 1 fully saturated rings. The van der Waals surface area contributed by atoms with Crippen LogP contribution in [-0.2, 0) is 9.53 Å². The van der Waals surface area contributed by atoms with Crippen LogP contribution in [0.2, 0.25) is 0 Å². The first-order valence-corrected chi connectivity index (χ1v) is 10.8. The van der Waals surface area contributed by atoms with Gasteiger partial charge in [-0.2, -0.15) is 0 Å². The highest BCUT2D eigenvalue weighted by molar-refractivity contribution is 5.92. The van der Waals surface area contributed by atoms with Gasteiger partial charge in [-0.15, -0.1) is 0 Å². The summed E-state index contributed by atoms with van der Waals surface area (Å²) in [5.41, 5.74) is 3.54. The third-order valence-electron chi connectivity index (χ3n) is 5.55. The Labute approximate surface area is 182 Å². The number of fused-ring (bicyclic) bond motifs is 1. The predicted molar refractivity (Wildman–Crippen MR) is 122 cm³/mol. The maximum absolute atomic E-state index is 12.5. The fourth-order valence-electron chi connectivity index (χ4n) is 3.51. The fourth-order valence-corrected chi connectivity index (χ4v) is 3.51. The minimum absolute atomic E-state index is 0.141. The first-order valence-electron chi connectivity index (χ1n) is 10.8. The van der Waals surface area contributed by atoms with E-state index in [2.05, 4.69) is 41.2 Å². The van der Waals surface area contributed by atoms with E-state index in [0.717, 1.165) is 23.1 Å². The normalized spacial score (nSPS) is 15.0. The number of para-hydroxylation sites is 2. The molecule has 1 atom stereocenters. The number of hydrogen-bond acceptors (Lipinski definition) is 6. The summed E-state index contributed by atoms with van der Waals surface area (Å²) in [6.07, 6.45) is 1.08. The Bertz CT molecular complexity index is 1030. The first-order chi connectivity index (χ1) is 15.1. The average Bonchev–Trinajstić information content (AvgIpc) is 2.82. The van der Waals surface area contributed by atoms with E-state index < -0.39 is 0 Å². The summed E-state index contributed by atoms with van der Waals surface area (Å²) < 4.78 is 11.3. The number of amides is 1. The molecule has 2 aromatic carbocycles. The van der Waals surface area contributed by atoms with Crippen LogP contribution in [0.15, 0.2) is 48.5 Å². The van der Waals surface area contributed by atoms with Gasteiger partial charge in [-0.1, -0.05) is 38.1 Å². The third-order valence-corrected chi connectivity index (χ3v) is 5.55. The first kappa shape index (κ1) is 21.1. The van der Waals surface area contributed by atoms with E-state index in [0.29, 0.717) is 43.9 Å². The van der Waals surface area contributed by atoms with Crippen LogP contribution in [0.4, 0.5) is 11.5 Å². The quantitative estimate of drug-likeness (QED) is 0.623. The van der Waals surface area contributed by atoms with Crippen molar-refractivity contribution in [2.75, 3.05) is 43.1 Å². The van der Waals surface area contributed by atoms with Gasteiger partial charge in [0.15, 0.2) is 12.4 Å². The molecule has 0 saturated carbocycles. The monoisotopic (exact) mass is 420 g/mol. The summed E-state index contributed by atoms with van der Waals surface area (Å²) in [6.45, 7) is 6.88. The molecule has 7 heteroatoms. The van der Waals surface area contributed by atoms with Crippen molar-refractivity contribution in [3.05, 3.63) is 54.1 Å². The highest BCUT2D eigenvalue weighted by Gasteiger charge is 2.20. The molecule has 0 radical (unpaired) electrons. The van der Waals surface area contributed by atoms with Gasteiger partial charge >= 0.3 is 0 Å². The van der Waals surface area contributed by atoms with E-state index in [4.69, 9.17) is 14.5 Å². The molecule has 31 heavy (non-hydrogen) atoms. The summed E-state index contributed by atoms with van der Waals surface area (Å²) in [6, 6.07) is 15.6. The van der Waals surface area contributed by atoms with Crippen LogP contribution >= 0.6 is 0 Å². The van der Waals surface area contributed by atoms with Gasteiger partial charge in [-0.25, -0.2) is 9.97 Å². The minimum atomic E-state index is -0.237. The van der Waals surface area contributed by atoms with Crippen molar-refractivity contribution in [1.29, 1.82) is 0 Å². The van der Waals surface area contributed by atoms with Crippen molar-refractivity contribution in [2.24, 2.45) is 0 Å². The SMILES string of the molecule is CC[C@H](C)c1ccc(NC(=O)COc2nc3ccccc3nc2N2CCOCC2)cc1. The molecule has 1 amide bonds. The lowest BCUT2D eigenvalue weighted by atomic mass is 9.99. The van der Waals surface area contributed by atoms with Gasteiger partial charge in [0.2, 0.25) is 0 Å². The van der Waals surface area contributed by atoms with E-state index >= 15 is 0 Å². The number of ether oxygens (including phenoxy) is 2. The lowest BCUT2D eigenvalue weighted by Gasteiger charge is -2.28. The Morgan fingerprint density at radius 3 is 2.45 bits per heavy atom. The minimum Gasteiger partial charge on any atom is -0.465 e. The molecule has 3 aromatic rings. The van der Waals surface area contributed by atoms with Crippen molar-refractivity contribution < 1.29 is 14.3 Å². The molecule has 1 saturated heterocycles. The van der Waals surface area contributed by atoms with Crippen LogP contribution in [-0.4, -0.2) is 48.8 Å². The Morgan fingerprint density at radius 2 is 1.77 bits per heavy atom. The zero-order chi connectivity index (χ0) is 21.6. The Morgan fingerprint density at radius 1 is 1.10 bits per heavy atom. The third kappa shape index (κ3) is 5.11. The van der Waals surface area contributed by atoms with Gasteiger partial charge in [-0.3, -0.25) is 4.79 Å². The number of nitrogens with zero attached hydrogens (tertiary/aromatic N) is 3. The van der Waals surface area contributed by atoms with Crippen molar-refractivity contribution in [3.63, 3.8) is 0 Å². The number of benzene rings is 2. The molecule has 1 aliphatic heterocycles. The topological polar surface area (TPSA) is 76.6 Å². The number of hydrogen-bond donors (Lipinski definition) is 1. The van der Waals surface area contributed by atoms with E-state index in [1.165, 1.54) is 5.56 Å². The van der Waals surface area contributed by atoms with Crippen LogP contribution in [0.25, 0.3) is 11.0 Å². The van der Waals surface area contributed by atoms with E-state index in [-0.39, 0.29) is 12.5 Å². The van der Waals surface area contributed by atoms with Crippen LogP contribution in [0.5, 0.6) is 5.88 Å². The van der Waals surface area contributed by atoms with Crippen molar-refractivity contribution in [2.45, 2.75) is 26.2 Å². The van der Waals surface area contributed by atoms with Crippen molar-refractivity contribution in [1.82, 2.24) is 9.97 Å². The number of carbonyl (C=O) groups is 1. The van der Waals surface area contributed by atoms with Crippen LogP contribution < -0.4 is 15.0 Å². The zero-order valence-corrected chi connectivity index (χ0v) is 18.0. The van der Waals surface area contributed by atoms with E-state index in [9.17, 15) is 4.79 Å². The van der Waals surface area contributed by atoms with Crippen molar-refractivity contribution >= 4 is 28.4 Å². The molecule has 0 bridgehead atoms. The lowest BCUT2D eigenvalue weighted by molar-refractivity contribution is -0.118. The maximum atomic E-state index is 12.5. The zero-order valence-electron chi connectivity index (χ0n) is 18.0. The Hall–Kier alpha value is -3.19. The molecule has 1 aromatic heterocycles. The maximum Gasteiger partial charge on any atom is 0.262 e. The number of anilines is 2. The molecule has 0 unspecified atom stereocenters. The van der Waals surface area contributed by atoms with Crippen LogP contribution in [0, 0.1) is 0 Å². The van der Waals surface area contributed by atoms with Gasteiger partial charge in [0.1, 0.15) is 0 Å². The smallest absolute Gasteiger partial charge is 0.262 e. The number of morpholine rings is 1. The second-order valence-electron chi connectivity index (χ2n) is 7.71. The second-order valence-corrected chi connectivity index (χ2v) is 7.71. The molecule has 7 nitrogen and oxygen atoms in total.